The molecule has 1 N–H and O–H groups in total. The lowest BCUT2D eigenvalue weighted by Crippen LogP contribution is -2.39. The third-order valence-corrected chi connectivity index (χ3v) is 3.56. The van der Waals surface area contributed by atoms with E-state index in [0.717, 1.165) is 0 Å². The number of thioether (sulfide) groups is 1. The first-order valence-corrected chi connectivity index (χ1v) is 6.76. The molecule has 1 aromatic rings. The molecule has 0 heterocycles. The van der Waals surface area contributed by atoms with Crippen molar-refractivity contribution >= 4 is 23.4 Å². The number of benzene rings is 1. The van der Waals surface area contributed by atoms with Crippen LogP contribution in [0, 0.1) is 10.1 Å². The molecule has 0 aliphatic rings. The van der Waals surface area contributed by atoms with Gasteiger partial charge in [-0.1, -0.05) is 19.1 Å². The van der Waals surface area contributed by atoms with E-state index in [-0.39, 0.29) is 11.7 Å². The highest BCUT2D eigenvalue weighted by Crippen LogP contribution is 2.29. The number of nitrogens with one attached hydrogen (secondary N) is 1. The van der Waals surface area contributed by atoms with Crippen LogP contribution >= 0.6 is 11.8 Å². The maximum atomic E-state index is 11.5. The highest BCUT2D eigenvalue weighted by molar-refractivity contribution is 7.99. The zero-order chi connectivity index (χ0) is 14.3. The highest BCUT2D eigenvalue weighted by Gasteiger charge is 2.20. The molecule has 104 valence electrons. The van der Waals surface area contributed by atoms with Gasteiger partial charge in [0.25, 0.3) is 5.69 Å². The molecule has 1 atom stereocenters. The van der Waals surface area contributed by atoms with E-state index in [1.807, 2.05) is 6.92 Å². The first-order valence-electron chi connectivity index (χ1n) is 5.77. The van der Waals surface area contributed by atoms with Gasteiger partial charge < -0.3 is 10.1 Å². The van der Waals surface area contributed by atoms with Gasteiger partial charge in [0.05, 0.1) is 16.9 Å². The molecule has 1 rings (SSSR count). The Hall–Kier alpha value is -1.60. The lowest BCUT2D eigenvalue weighted by Gasteiger charge is -2.14. The van der Waals surface area contributed by atoms with Crippen molar-refractivity contribution in [2.24, 2.45) is 0 Å². The fourth-order valence-corrected chi connectivity index (χ4v) is 2.57. The normalized spacial score (nSPS) is 11.9. The Balaban J connectivity index is 2.74. The SMILES string of the molecule is CCNC(CSc1ccccc1[N+](=O)[O-])C(=O)OC. The van der Waals surface area contributed by atoms with E-state index in [9.17, 15) is 14.9 Å². The Kier molecular flexibility index (Phi) is 6.31. The topological polar surface area (TPSA) is 81.5 Å². The summed E-state index contributed by atoms with van der Waals surface area (Å²) >= 11 is 1.26. The molecule has 0 aliphatic heterocycles. The summed E-state index contributed by atoms with van der Waals surface area (Å²) in [5.74, 6) is 0.0127. The predicted octanol–water partition coefficient (Wildman–Crippen LogP) is 1.84. The van der Waals surface area contributed by atoms with Gasteiger partial charge in [0, 0.05) is 11.8 Å². The monoisotopic (exact) mass is 284 g/mol. The van der Waals surface area contributed by atoms with E-state index >= 15 is 0 Å². The molecule has 6 nitrogen and oxygen atoms in total. The van der Waals surface area contributed by atoms with Crippen molar-refractivity contribution in [3.8, 4) is 0 Å². The van der Waals surface area contributed by atoms with Gasteiger partial charge in [-0.2, -0.15) is 0 Å². The van der Waals surface area contributed by atoms with Gasteiger partial charge in [-0.3, -0.25) is 14.9 Å². The fourth-order valence-electron chi connectivity index (χ4n) is 1.50. The van der Waals surface area contributed by atoms with E-state index in [2.05, 4.69) is 10.1 Å². The maximum absolute atomic E-state index is 11.5. The van der Waals surface area contributed by atoms with Crippen LogP contribution in [-0.2, 0) is 9.53 Å². The molecule has 1 aromatic carbocycles. The minimum atomic E-state index is -0.472. The van der Waals surface area contributed by atoms with Crippen molar-refractivity contribution in [3.05, 3.63) is 34.4 Å². The molecule has 0 spiro atoms. The second kappa shape index (κ2) is 7.75. The standard InChI is InChI=1S/C12H16N2O4S/c1-3-13-9(12(15)18-2)8-19-11-7-5-4-6-10(11)14(16)17/h4-7,9,13H,3,8H2,1-2H3. The fraction of sp³-hybridized carbons (Fsp3) is 0.417. The Bertz CT molecular complexity index is 453. The van der Waals surface area contributed by atoms with Crippen LogP contribution in [0.5, 0.6) is 0 Å². The number of nitrogens with zero attached hydrogens (tertiary/aromatic N) is 1. The molecular weight excluding hydrogens is 268 g/mol. The molecule has 0 aliphatic carbocycles. The van der Waals surface area contributed by atoms with E-state index < -0.39 is 11.0 Å². The number of likely N-dealkylation sites (N-methyl/N-ethyl adjacent to an activating group) is 1. The molecule has 0 radical (unpaired) electrons. The van der Waals surface area contributed by atoms with Crippen molar-refractivity contribution in [1.29, 1.82) is 0 Å². The first kappa shape index (κ1) is 15.5. The van der Waals surface area contributed by atoms with E-state index in [0.29, 0.717) is 17.2 Å². The molecule has 0 amide bonds. The third-order valence-electron chi connectivity index (χ3n) is 2.40. The van der Waals surface area contributed by atoms with Crippen molar-refractivity contribution in [2.75, 3.05) is 19.4 Å². The molecule has 1 unspecified atom stereocenters. The molecular formula is C12H16N2O4S. The van der Waals surface area contributed by atoms with Crippen LogP contribution in [0.3, 0.4) is 0 Å². The molecule has 0 saturated heterocycles. The number of hydrogen-bond donors (Lipinski definition) is 1. The number of esters is 1. The zero-order valence-electron chi connectivity index (χ0n) is 10.8. The molecule has 19 heavy (non-hydrogen) atoms. The summed E-state index contributed by atoms with van der Waals surface area (Å²) in [6, 6.07) is 5.99. The summed E-state index contributed by atoms with van der Waals surface area (Å²) in [6.07, 6.45) is 0. The predicted molar refractivity (Wildman–Crippen MR) is 73.3 cm³/mol. The Morgan fingerprint density at radius 3 is 2.79 bits per heavy atom. The average molecular weight is 284 g/mol. The van der Waals surface area contributed by atoms with Gasteiger partial charge in [0.1, 0.15) is 6.04 Å². The number of hydrogen-bond acceptors (Lipinski definition) is 6. The minimum absolute atomic E-state index is 0.0487. The average Bonchev–Trinajstić information content (AvgIpc) is 2.42. The van der Waals surface area contributed by atoms with Crippen LogP contribution in [-0.4, -0.2) is 36.3 Å². The number of nitro benzene ring substituents is 1. The summed E-state index contributed by atoms with van der Waals surface area (Å²) < 4.78 is 4.68. The zero-order valence-corrected chi connectivity index (χ0v) is 11.6. The van der Waals surface area contributed by atoms with Crippen LogP contribution in [0.15, 0.2) is 29.2 Å². The Morgan fingerprint density at radius 2 is 2.21 bits per heavy atom. The van der Waals surface area contributed by atoms with Gasteiger partial charge in [0.2, 0.25) is 0 Å². The van der Waals surface area contributed by atoms with Crippen LogP contribution in [0.1, 0.15) is 6.92 Å². The van der Waals surface area contributed by atoms with Crippen molar-refractivity contribution in [3.63, 3.8) is 0 Å². The summed E-state index contributed by atoms with van der Waals surface area (Å²) in [7, 11) is 1.32. The van der Waals surface area contributed by atoms with Gasteiger partial charge in [-0.05, 0) is 12.6 Å². The van der Waals surface area contributed by atoms with Crippen molar-refractivity contribution in [1.82, 2.24) is 5.32 Å². The largest absolute Gasteiger partial charge is 0.468 e. The van der Waals surface area contributed by atoms with Crippen molar-refractivity contribution < 1.29 is 14.5 Å². The Morgan fingerprint density at radius 1 is 1.53 bits per heavy atom. The number of nitro groups is 1. The first-order chi connectivity index (χ1) is 9.10. The minimum Gasteiger partial charge on any atom is -0.468 e. The molecule has 7 heteroatoms. The highest BCUT2D eigenvalue weighted by atomic mass is 32.2. The molecule has 0 aromatic heterocycles. The van der Waals surface area contributed by atoms with Crippen LogP contribution < -0.4 is 5.32 Å². The second-order valence-electron chi connectivity index (χ2n) is 3.67. The molecule has 0 fully saturated rings. The number of rotatable bonds is 7. The number of ether oxygens (including phenoxy) is 1. The lowest BCUT2D eigenvalue weighted by molar-refractivity contribution is -0.387. The van der Waals surface area contributed by atoms with Crippen molar-refractivity contribution in [2.45, 2.75) is 17.9 Å². The van der Waals surface area contributed by atoms with Gasteiger partial charge in [-0.15, -0.1) is 11.8 Å². The smallest absolute Gasteiger partial charge is 0.323 e. The second-order valence-corrected chi connectivity index (χ2v) is 4.73. The van der Waals surface area contributed by atoms with Gasteiger partial charge in [0.15, 0.2) is 0 Å². The molecule has 0 bridgehead atoms. The quantitative estimate of drug-likeness (QED) is 0.356. The van der Waals surface area contributed by atoms with Crippen LogP contribution in [0.2, 0.25) is 0 Å². The number of para-hydroxylation sites is 1. The van der Waals surface area contributed by atoms with E-state index in [1.165, 1.54) is 24.9 Å². The van der Waals surface area contributed by atoms with Gasteiger partial charge >= 0.3 is 5.97 Å². The van der Waals surface area contributed by atoms with E-state index in [1.54, 1.807) is 18.2 Å². The van der Waals surface area contributed by atoms with Crippen LogP contribution in [0.4, 0.5) is 5.69 Å². The van der Waals surface area contributed by atoms with E-state index in [4.69, 9.17) is 0 Å². The lowest BCUT2D eigenvalue weighted by atomic mass is 10.3. The third kappa shape index (κ3) is 4.53. The van der Waals surface area contributed by atoms with Crippen LogP contribution in [0.25, 0.3) is 0 Å². The maximum Gasteiger partial charge on any atom is 0.323 e. The summed E-state index contributed by atoms with van der Waals surface area (Å²) in [6.45, 7) is 2.50. The summed E-state index contributed by atoms with van der Waals surface area (Å²) in [4.78, 5) is 22.5. The number of carbonyl (C=O) groups is 1. The van der Waals surface area contributed by atoms with Gasteiger partial charge in [-0.25, -0.2) is 0 Å². The summed E-state index contributed by atoms with van der Waals surface area (Å²) in [5, 5.41) is 13.9. The molecule has 0 saturated carbocycles. The summed E-state index contributed by atoms with van der Waals surface area (Å²) in [5.41, 5.74) is 0.0487. The number of carbonyl (C=O) groups excluding carboxylic acids is 1. The Labute approximate surface area is 115 Å². The number of methoxy groups -OCH3 is 1.